The second kappa shape index (κ2) is 8.45. The lowest BCUT2D eigenvalue weighted by Crippen LogP contribution is -2.46. The highest BCUT2D eigenvalue weighted by atomic mass is 35.5. The topological polar surface area (TPSA) is 62.5 Å². The Morgan fingerprint density at radius 2 is 2.08 bits per heavy atom. The van der Waals surface area contributed by atoms with Gasteiger partial charge in [0.15, 0.2) is 5.15 Å². The quantitative estimate of drug-likeness (QED) is 0.790. The van der Waals surface area contributed by atoms with Crippen molar-refractivity contribution in [2.24, 2.45) is 0 Å². The van der Waals surface area contributed by atoms with Gasteiger partial charge < -0.3 is 14.3 Å². The Bertz CT molecular complexity index is 683. The highest BCUT2D eigenvalue weighted by molar-refractivity contribution is 6.29. The first-order valence-electron chi connectivity index (χ1n) is 8.60. The maximum Gasteiger partial charge on any atom is 0.223 e. The summed E-state index contributed by atoms with van der Waals surface area (Å²) in [4.78, 5) is 21.3. The molecule has 1 aliphatic heterocycles. The molecule has 0 unspecified atom stereocenters. The zero-order chi connectivity index (χ0) is 17.6. The van der Waals surface area contributed by atoms with Crippen molar-refractivity contribution in [1.29, 1.82) is 0 Å². The van der Waals surface area contributed by atoms with Crippen LogP contribution in [0.2, 0.25) is 5.15 Å². The molecule has 0 N–H and O–H groups in total. The van der Waals surface area contributed by atoms with Gasteiger partial charge in [-0.05, 0) is 50.7 Å². The van der Waals surface area contributed by atoms with E-state index in [2.05, 4.69) is 22.1 Å². The number of aromatic nitrogens is 2. The van der Waals surface area contributed by atoms with Crippen LogP contribution in [0.5, 0.6) is 0 Å². The number of carbonyl (C=O) groups is 1. The average molecular weight is 363 g/mol. The molecule has 0 saturated carbocycles. The van der Waals surface area contributed by atoms with E-state index >= 15 is 0 Å². The van der Waals surface area contributed by atoms with Crippen LogP contribution in [0.4, 0.5) is 0 Å². The lowest BCUT2D eigenvalue weighted by molar-refractivity contribution is -0.135. The van der Waals surface area contributed by atoms with E-state index in [0.717, 1.165) is 31.5 Å². The molecule has 0 aromatic carbocycles. The third-order valence-electron chi connectivity index (χ3n) is 4.67. The van der Waals surface area contributed by atoms with Gasteiger partial charge in [0.05, 0.1) is 0 Å². The van der Waals surface area contributed by atoms with Gasteiger partial charge in [-0.15, -0.1) is 0 Å². The molecule has 1 aliphatic rings. The van der Waals surface area contributed by atoms with E-state index < -0.39 is 0 Å². The van der Waals surface area contributed by atoms with Gasteiger partial charge in [-0.3, -0.25) is 9.78 Å². The van der Waals surface area contributed by atoms with Gasteiger partial charge >= 0.3 is 0 Å². The number of halogens is 1. The molecule has 0 atom stereocenters. The van der Waals surface area contributed by atoms with Gasteiger partial charge in [0.1, 0.15) is 5.76 Å². The molecule has 0 radical (unpaired) electrons. The summed E-state index contributed by atoms with van der Waals surface area (Å²) < 4.78 is 5.10. The molecule has 25 heavy (non-hydrogen) atoms. The first-order chi connectivity index (χ1) is 12.1. The lowest BCUT2D eigenvalue weighted by Gasteiger charge is -2.37. The molecule has 3 rings (SSSR count). The largest absolute Gasteiger partial charge is 0.360 e. The molecule has 2 aromatic heterocycles. The number of aryl methyl sites for hydroxylation is 1. The van der Waals surface area contributed by atoms with Crippen LogP contribution in [0.1, 0.15) is 30.6 Å². The van der Waals surface area contributed by atoms with Crippen LogP contribution in [0, 0.1) is 0 Å². The fourth-order valence-electron chi connectivity index (χ4n) is 3.19. The van der Waals surface area contributed by atoms with E-state index in [1.54, 1.807) is 18.5 Å². The van der Waals surface area contributed by atoms with Crippen molar-refractivity contribution in [3.8, 4) is 0 Å². The Labute approximate surface area is 152 Å². The molecular formula is C18H23ClN4O2. The lowest BCUT2D eigenvalue weighted by atomic mass is 10.0. The molecule has 0 aliphatic carbocycles. The van der Waals surface area contributed by atoms with E-state index in [-0.39, 0.29) is 11.9 Å². The number of rotatable bonds is 6. The second-order valence-electron chi connectivity index (χ2n) is 6.53. The smallest absolute Gasteiger partial charge is 0.223 e. The molecule has 134 valence electrons. The summed E-state index contributed by atoms with van der Waals surface area (Å²) in [6.07, 6.45) is 6.44. The van der Waals surface area contributed by atoms with Crippen molar-refractivity contribution in [1.82, 2.24) is 19.9 Å². The molecule has 1 amide bonds. The minimum Gasteiger partial charge on any atom is -0.360 e. The summed E-state index contributed by atoms with van der Waals surface area (Å²) in [5, 5.41) is 3.98. The number of amides is 1. The summed E-state index contributed by atoms with van der Waals surface area (Å²) in [6, 6.07) is 5.87. The monoisotopic (exact) mass is 362 g/mol. The number of piperidine rings is 1. The Morgan fingerprint density at radius 3 is 2.72 bits per heavy atom. The van der Waals surface area contributed by atoms with Gasteiger partial charge in [0.25, 0.3) is 0 Å². The SMILES string of the molecule is CN1CCC(N(Cc2ccncc2)C(=O)CCc2cc(Cl)no2)CC1. The van der Waals surface area contributed by atoms with Crippen LogP contribution >= 0.6 is 11.6 Å². The molecule has 2 aromatic rings. The minimum atomic E-state index is 0.138. The van der Waals surface area contributed by atoms with Crippen molar-refractivity contribution in [2.75, 3.05) is 20.1 Å². The van der Waals surface area contributed by atoms with Crippen LogP contribution in [-0.2, 0) is 17.8 Å². The van der Waals surface area contributed by atoms with E-state index in [0.29, 0.717) is 30.3 Å². The van der Waals surface area contributed by atoms with Gasteiger partial charge in [0, 0.05) is 43.9 Å². The Morgan fingerprint density at radius 1 is 1.36 bits per heavy atom. The van der Waals surface area contributed by atoms with E-state index in [4.69, 9.17) is 16.1 Å². The summed E-state index contributed by atoms with van der Waals surface area (Å²) >= 11 is 5.77. The van der Waals surface area contributed by atoms with Crippen molar-refractivity contribution in [3.05, 3.63) is 47.1 Å². The van der Waals surface area contributed by atoms with Crippen molar-refractivity contribution in [3.63, 3.8) is 0 Å². The normalized spacial score (nSPS) is 16.1. The van der Waals surface area contributed by atoms with Crippen LogP contribution in [-0.4, -0.2) is 52.0 Å². The van der Waals surface area contributed by atoms with Crippen LogP contribution in [0.25, 0.3) is 0 Å². The molecule has 7 heteroatoms. The van der Waals surface area contributed by atoms with Gasteiger partial charge in [-0.25, -0.2) is 0 Å². The molecular weight excluding hydrogens is 340 g/mol. The van der Waals surface area contributed by atoms with Crippen LogP contribution in [0.15, 0.2) is 35.1 Å². The minimum absolute atomic E-state index is 0.138. The fourth-order valence-corrected chi connectivity index (χ4v) is 3.35. The number of hydrogen-bond acceptors (Lipinski definition) is 5. The summed E-state index contributed by atoms with van der Waals surface area (Å²) in [7, 11) is 2.12. The third kappa shape index (κ3) is 5.03. The van der Waals surface area contributed by atoms with Gasteiger partial charge in [-0.2, -0.15) is 0 Å². The molecule has 6 nitrogen and oxygen atoms in total. The third-order valence-corrected chi connectivity index (χ3v) is 4.85. The van der Waals surface area contributed by atoms with Crippen molar-refractivity contribution < 1.29 is 9.32 Å². The molecule has 3 heterocycles. The highest BCUT2D eigenvalue weighted by Gasteiger charge is 2.27. The Hall–Kier alpha value is -1.92. The Balaban J connectivity index is 1.67. The number of likely N-dealkylation sites (tertiary alicyclic amines) is 1. The number of nitrogens with zero attached hydrogens (tertiary/aromatic N) is 4. The summed E-state index contributed by atoms with van der Waals surface area (Å²) in [6.45, 7) is 2.65. The first kappa shape index (κ1) is 17.9. The average Bonchev–Trinajstić information content (AvgIpc) is 3.05. The fraction of sp³-hybridized carbons (Fsp3) is 0.500. The van der Waals surface area contributed by atoms with E-state index in [1.807, 2.05) is 17.0 Å². The summed E-state index contributed by atoms with van der Waals surface area (Å²) in [5.41, 5.74) is 1.10. The predicted octanol–water partition coefficient (Wildman–Crippen LogP) is 2.78. The summed E-state index contributed by atoms with van der Waals surface area (Å²) in [5.74, 6) is 0.782. The van der Waals surface area contributed by atoms with Crippen molar-refractivity contribution in [2.45, 2.75) is 38.3 Å². The van der Waals surface area contributed by atoms with Crippen LogP contribution in [0.3, 0.4) is 0 Å². The number of carbonyl (C=O) groups excluding carboxylic acids is 1. The van der Waals surface area contributed by atoms with Crippen LogP contribution < -0.4 is 0 Å². The zero-order valence-corrected chi connectivity index (χ0v) is 15.2. The maximum absolute atomic E-state index is 12.9. The molecule has 0 spiro atoms. The van der Waals surface area contributed by atoms with Crippen molar-refractivity contribution >= 4 is 17.5 Å². The molecule has 0 bridgehead atoms. The van der Waals surface area contributed by atoms with E-state index in [9.17, 15) is 4.79 Å². The second-order valence-corrected chi connectivity index (χ2v) is 6.91. The van der Waals surface area contributed by atoms with Gasteiger partial charge in [-0.1, -0.05) is 16.8 Å². The van der Waals surface area contributed by atoms with Gasteiger partial charge in [0.2, 0.25) is 5.91 Å². The zero-order valence-electron chi connectivity index (χ0n) is 14.4. The Kier molecular flexibility index (Phi) is 6.04. The predicted molar refractivity (Wildman–Crippen MR) is 95.1 cm³/mol. The molecule has 1 saturated heterocycles. The molecule has 1 fully saturated rings. The first-order valence-corrected chi connectivity index (χ1v) is 8.97. The maximum atomic E-state index is 12.9. The number of pyridine rings is 1. The van der Waals surface area contributed by atoms with E-state index in [1.165, 1.54) is 0 Å². The highest BCUT2D eigenvalue weighted by Crippen LogP contribution is 2.20. The standard InChI is InChI=1S/C18H23ClN4O2/c1-22-10-6-15(7-11-22)23(13-14-4-8-20-9-5-14)18(24)3-2-16-12-17(19)21-25-16/h4-5,8-9,12,15H,2-3,6-7,10-11,13H2,1H3. The number of hydrogen-bond donors (Lipinski definition) is 0.